The lowest BCUT2D eigenvalue weighted by Gasteiger charge is -1.95. The molecular weight excluding hydrogens is 160 g/mol. The number of amidine groups is 1. The van der Waals surface area contributed by atoms with E-state index in [1.807, 2.05) is 0 Å². The van der Waals surface area contributed by atoms with Crippen LogP contribution in [0.1, 0.15) is 39.0 Å². The predicted octanol–water partition coefficient (Wildman–Crippen LogP) is 2.51. The van der Waals surface area contributed by atoms with Gasteiger partial charge < -0.3 is 5.32 Å². The Morgan fingerprint density at radius 2 is 2.31 bits per heavy atom. The normalized spacial score (nSPS) is 16.2. The van der Waals surface area contributed by atoms with Crippen LogP contribution in [0.15, 0.2) is 17.1 Å². The van der Waals surface area contributed by atoms with Crippen LogP contribution in [0.4, 0.5) is 0 Å². The Balaban J connectivity index is 1.98. The summed E-state index contributed by atoms with van der Waals surface area (Å²) in [6, 6.07) is 0. The van der Waals surface area contributed by atoms with E-state index >= 15 is 0 Å². The maximum Gasteiger partial charge on any atom is 0.120 e. The van der Waals surface area contributed by atoms with Gasteiger partial charge in [0.15, 0.2) is 0 Å². The van der Waals surface area contributed by atoms with Gasteiger partial charge in [-0.15, -0.1) is 0 Å². The van der Waals surface area contributed by atoms with E-state index in [2.05, 4.69) is 29.4 Å². The van der Waals surface area contributed by atoms with Gasteiger partial charge in [0, 0.05) is 6.54 Å². The first kappa shape index (κ1) is 10.3. The van der Waals surface area contributed by atoms with Gasteiger partial charge in [-0.05, 0) is 18.9 Å². The topological polar surface area (TPSA) is 24.4 Å². The lowest BCUT2D eigenvalue weighted by Crippen LogP contribution is -2.15. The number of nitrogens with one attached hydrogen (secondary N) is 1. The van der Waals surface area contributed by atoms with Crippen molar-refractivity contribution in [3.8, 4) is 0 Å². The van der Waals surface area contributed by atoms with E-state index in [1.165, 1.54) is 32.1 Å². The van der Waals surface area contributed by atoms with Gasteiger partial charge in [-0.3, -0.25) is 4.99 Å². The summed E-state index contributed by atoms with van der Waals surface area (Å²) in [6.45, 7) is 4.19. The molecule has 0 saturated carbocycles. The first-order valence-corrected chi connectivity index (χ1v) is 5.38. The zero-order valence-corrected chi connectivity index (χ0v) is 8.55. The van der Waals surface area contributed by atoms with Gasteiger partial charge in [0.1, 0.15) is 5.84 Å². The molecular formula is C11H20N2. The Bertz CT molecular complexity index is 183. The van der Waals surface area contributed by atoms with E-state index in [9.17, 15) is 0 Å². The Morgan fingerprint density at radius 3 is 3.00 bits per heavy atom. The van der Waals surface area contributed by atoms with Crippen LogP contribution in [-0.4, -0.2) is 18.9 Å². The van der Waals surface area contributed by atoms with Crippen LogP contribution in [-0.2, 0) is 0 Å². The second kappa shape index (κ2) is 6.70. The van der Waals surface area contributed by atoms with Crippen LogP contribution >= 0.6 is 0 Å². The SMILES string of the molecule is CCCCCC/C=C/C1=NCCN1. The van der Waals surface area contributed by atoms with Crippen molar-refractivity contribution in [3.05, 3.63) is 12.2 Å². The molecule has 1 rings (SSSR count). The molecule has 1 aliphatic heterocycles. The second-order valence-corrected chi connectivity index (χ2v) is 3.45. The Morgan fingerprint density at radius 1 is 1.38 bits per heavy atom. The number of hydrogen-bond donors (Lipinski definition) is 1. The molecule has 13 heavy (non-hydrogen) atoms. The molecule has 0 fully saturated rings. The standard InChI is InChI=1S/C11H20N2/c1-2-3-4-5-6-7-8-11-12-9-10-13-11/h7-8H,2-6,9-10H2,1H3,(H,12,13)/b8-7+. The van der Waals surface area contributed by atoms with E-state index < -0.39 is 0 Å². The lowest BCUT2D eigenvalue weighted by molar-refractivity contribution is 0.674. The number of hydrogen-bond acceptors (Lipinski definition) is 2. The minimum absolute atomic E-state index is 0.940. The summed E-state index contributed by atoms with van der Waals surface area (Å²) in [5, 5.41) is 3.22. The maximum absolute atomic E-state index is 4.29. The fourth-order valence-corrected chi connectivity index (χ4v) is 1.41. The number of nitrogens with zero attached hydrogens (tertiary/aromatic N) is 1. The molecule has 1 heterocycles. The van der Waals surface area contributed by atoms with Gasteiger partial charge in [-0.25, -0.2) is 0 Å². The minimum atomic E-state index is 0.940. The smallest absolute Gasteiger partial charge is 0.120 e. The molecule has 1 aliphatic rings. The maximum atomic E-state index is 4.29. The highest BCUT2D eigenvalue weighted by molar-refractivity contribution is 5.93. The average molecular weight is 180 g/mol. The molecule has 0 atom stereocenters. The average Bonchev–Trinajstić information content (AvgIpc) is 2.63. The highest BCUT2D eigenvalue weighted by atomic mass is 15.1. The van der Waals surface area contributed by atoms with Gasteiger partial charge in [-0.1, -0.05) is 32.3 Å². The van der Waals surface area contributed by atoms with Crippen molar-refractivity contribution in [3.63, 3.8) is 0 Å². The molecule has 0 aromatic carbocycles. The summed E-state index contributed by atoms with van der Waals surface area (Å²) in [6.07, 6.45) is 10.9. The summed E-state index contributed by atoms with van der Waals surface area (Å²) in [7, 11) is 0. The van der Waals surface area contributed by atoms with Crippen LogP contribution in [0.2, 0.25) is 0 Å². The molecule has 0 saturated heterocycles. The first-order valence-electron chi connectivity index (χ1n) is 5.38. The molecule has 0 aromatic rings. The Kier molecular flexibility index (Phi) is 5.30. The van der Waals surface area contributed by atoms with Crippen molar-refractivity contribution in [2.24, 2.45) is 4.99 Å². The molecule has 0 aromatic heterocycles. The fraction of sp³-hybridized carbons (Fsp3) is 0.727. The number of rotatable bonds is 6. The first-order chi connectivity index (χ1) is 6.43. The van der Waals surface area contributed by atoms with E-state index in [1.54, 1.807) is 0 Å². The minimum Gasteiger partial charge on any atom is -0.369 e. The van der Waals surface area contributed by atoms with Crippen LogP contribution in [0.3, 0.4) is 0 Å². The quantitative estimate of drug-likeness (QED) is 0.624. The van der Waals surface area contributed by atoms with Crippen LogP contribution in [0.5, 0.6) is 0 Å². The molecule has 2 nitrogen and oxygen atoms in total. The predicted molar refractivity (Wildman–Crippen MR) is 58.2 cm³/mol. The molecule has 74 valence electrons. The fourth-order valence-electron chi connectivity index (χ4n) is 1.41. The summed E-state index contributed by atoms with van der Waals surface area (Å²) >= 11 is 0. The van der Waals surface area contributed by atoms with Gasteiger partial charge in [-0.2, -0.15) is 0 Å². The van der Waals surface area contributed by atoms with Gasteiger partial charge >= 0.3 is 0 Å². The molecule has 2 heteroatoms. The third-order valence-electron chi connectivity index (χ3n) is 2.20. The van der Waals surface area contributed by atoms with Crippen LogP contribution in [0.25, 0.3) is 0 Å². The van der Waals surface area contributed by atoms with E-state index in [4.69, 9.17) is 0 Å². The lowest BCUT2D eigenvalue weighted by atomic mass is 10.1. The van der Waals surface area contributed by atoms with E-state index in [-0.39, 0.29) is 0 Å². The van der Waals surface area contributed by atoms with Gasteiger partial charge in [0.05, 0.1) is 6.54 Å². The van der Waals surface area contributed by atoms with Crippen molar-refractivity contribution < 1.29 is 0 Å². The van der Waals surface area contributed by atoms with E-state index in [0.717, 1.165) is 18.9 Å². The molecule has 1 N–H and O–H groups in total. The second-order valence-electron chi connectivity index (χ2n) is 3.45. The van der Waals surface area contributed by atoms with Crippen LogP contribution < -0.4 is 5.32 Å². The molecule has 0 unspecified atom stereocenters. The van der Waals surface area contributed by atoms with Crippen molar-refractivity contribution in [1.29, 1.82) is 0 Å². The van der Waals surface area contributed by atoms with Crippen molar-refractivity contribution in [2.75, 3.05) is 13.1 Å². The summed E-state index contributed by atoms with van der Waals surface area (Å²) in [5.74, 6) is 1.07. The zero-order valence-electron chi connectivity index (χ0n) is 8.55. The monoisotopic (exact) mass is 180 g/mol. The van der Waals surface area contributed by atoms with Crippen molar-refractivity contribution >= 4 is 5.84 Å². The highest BCUT2D eigenvalue weighted by Crippen LogP contribution is 2.02. The summed E-state index contributed by atoms with van der Waals surface area (Å²) in [4.78, 5) is 4.29. The Labute approximate surface area is 81.1 Å². The van der Waals surface area contributed by atoms with Crippen molar-refractivity contribution in [1.82, 2.24) is 5.32 Å². The summed E-state index contributed by atoms with van der Waals surface area (Å²) < 4.78 is 0. The third kappa shape index (κ3) is 4.71. The van der Waals surface area contributed by atoms with Gasteiger partial charge in [0.2, 0.25) is 0 Å². The number of aliphatic imine (C=N–C) groups is 1. The van der Waals surface area contributed by atoms with Crippen LogP contribution in [0, 0.1) is 0 Å². The molecule has 0 bridgehead atoms. The molecule has 0 aliphatic carbocycles. The number of allylic oxidation sites excluding steroid dienone is 1. The highest BCUT2D eigenvalue weighted by Gasteiger charge is 1.98. The molecule has 0 spiro atoms. The van der Waals surface area contributed by atoms with Crippen molar-refractivity contribution in [2.45, 2.75) is 39.0 Å². The number of unbranched alkanes of at least 4 members (excludes halogenated alkanes) is 4. The summed E-state index contributed by atoms with van der Waals surface area (Å²) in [5.41, 5.74) is 0. The Hall–Kier alpha value is -0.790. The zero-order chi connectivity index (χ0) is 9.36. The molecule has 0 radical (unpaired) electrons. The largest absolute Gasteiger partial charge is 0.369 e. The van der Waals surface area contributed by atoms with E-state index in [0.29, 0.717) is 0 Å². The van der Waals surface area contributed by atoms with Gasteiger partial charge in [0.25, 0.3) is 0 Å². The third-order valence-corrected chi connectivity index (χ3v) is 2.20. The molecule has 0 amide bonds.